The highest BCUT2D eigenvalue weighted by Gasteiger charge is 2.31. The molecule has 8 heteroatoms. The SMILES string of the molecule is Cc1cccc(Cn2ncc(C)c2NC(=O)CC2NC(=O)NC2=O)c1. The van der Waals surface area contributed by atoms with E-state index in [1.807, 2.05) is 32.0 Å². The molecule has 1 aromatic carbocycles. The number of rotatable bonds is 5. The summed E-state index contributed by atoms with van der Waals surface area (Å²) in [6, 6.07) is 6.61. The third-order valence-corrected chi connectivity index (χ3v) is 3.94. The molecule has 1 aromatic heterocycles. The van der Waals surface area contributed by atoms with Gasteiger partial charge >= 0.3 is 6.03 Å². The van der Waals surface area contributed by atoms with Gasteiger partial charge in [0.25, 0.3) is 5.91 Å². The predicted octanol–water partition coefficient (Wildman–Crippen LogP) is 1.08. The molecule has 2 heterocycles. The number of nitrogens with one attached hydrogen (secondary N) is 3. The van der Waals surface area contributed by atoms with Crippen molar-refractivity contribution in [1.29, 1.82) is 0 Å². The lowest BCUT2D eigenvalue weighted by Crippen LogP contribution is -2.33. The predicted molar refractivity (Wildman–Crippen MR) is 91.0 cm³/mol. The number of nitrogens with zero attached hydrogens (tertiary/aromatic N) is 2. The van der Waals surface area contributed by atoms with Crippen LogP contribution in [0.5, 0.6) is 0 Å². The molecule has 2 aromatic rings. The van der Waals surface area contributed by atoms with Gasteiger partial charge in [-0.25, -0.2) is 9.48 Å². The smallest absolute Gasteiger partial charge is 0.322 e. The van der Waals surface area contributed by atoms with Crippen molar-refractivity contribution in [3.05, 3.63) is 47.2 Å². The van der Waals surface area contributed by atoms with Crippen molar-refractivity contribution < 1.29 is 14.4 Å². The van der Waals surface area contributed by atoms with Gasteiger partial charge in [0, 0.05) is 5.56 Å². The highest BCUT2D eigenvalue weighted by molar-refractivity contribution is 6.06. The molecule has 0 saturated carbocycles. The number of benzene rings is 1. The maximum Gasteiger partial charge on any atom is 0.322 e. The molecular weight excluding hydrogens is 322 g/mol. The Kier molecular flexibility index (Phi) is 4.51. The number of aryl methyl sites for hydroxylation is 2. The number of imide groups is 1. The molecule has 25 heavy (non-hydrogen) atoms. The van der Waals surface area contributed by atoms with Crippen molar-refractivity contribution in [2.45, 2.75) is 32.9 Å². The molecule has 130 valence electrons. The van der Waals surface area contributed by atoms with Crippen LogP contribution in [0.2, 0.25) is 0 Å². The van der Waals surface area contributed by atoms with Gasteiger partial charge in [-0.3, -0.25) is 14.9 Å². The van der Waals surface area contributed by atoms with Crippen LogP contribution in [0.1, 0.15) is 23.1 Å². The Balaban J connectivity index is 1.70. The first-order chi connectivity index (χ1) is 11.9. The summed E-state index contributed by atoms with van der Waals surface area (Å²) in [5.41, 5.74) is 3.04. The molecular formula is C17H19N5O3. The van der Waals surface area contributed by atoms with E-state index in [4.69, 9.17) is 0 Å². The summed E-state index contributed by atoms with van der Waals surface area (Å²) < 4.78 is 1.70. The fourth-order valence-electron chi connectivity index (χ4n) is 2.72. The number of amides is 4. The second-order valence-electron chi connectivity index (χ2n) is 6.09. The van der Waals surface area contributed by atoms with Crippen molar-refractivity contribution in [3.63, 3.8) is 0 Å². The van der Waals surface area contributed by atoms with Crippen molar-refractivity contribution in [1.82, 2.24) is 20.4 Å². The summed E-state index contributed by atoms with van der Waals surface area (Å²) in [5.74, 6) is -0.280. The van der Waals surface area contributed by atoms with E-state index in [2.05, 4.69) is 27.1 Å². The van der Waals surface area contributed by atoms with Gasteiger partial charge in [0.05, 0.1) is 19.2 Å². The third-order valence-electron chi connectivity index (χ3n) is 3.94. The monoisotopic (exact) mass is 341 g/mol. The lowest BCUT2D eigenvalue weighted by atomic mass is 10.1. The summed E-state index contributed by atoms with van der Waals surface area (Å²) in [5, 5.41) is 11.6. The first-order valence-corrected chi connectivity index (χ1v) is 7.91. The van der Waals surface area contributed by atoms with Gasteiger partial charge in [-0.15, -0.1) is 0 Å². The maximum atomic E-state index is 12.2. The Labute approximate surface area is 144 Å². The van der Waals surface area contributed by atoms with Gasteiger partial charge in [-0.05, 0) is 19.4 Å². The number of carbonyl (C=O) groups is 3. The molecule has 1 aliphatic rings. The standard InChI is InChI=1S/C17H19N5O3/c1-10-4-3-5-12(6-10)9-22-15(11(2)8-18-22)20-14(23)7-13-16(24)21-17(25)19-13/h3-6,8,13H,7,9H2,1-2H3,(H,20,23)(H2,19,21,24,25). The Morgan fingerprint density at radius 3 is 2.80 bits per heavy atom. The second kappa shape index (κ2) is 6.76. The van der Waals surface area contributed by atoms with Crippen LogP contribution >= 0.6 is 0 Å². The highest BCUT2D eigenvalue weighted by atomic mass is 16.2. The van der Waals surface area contributed by atoms with E-state index in [0.717, 1.165) is 16.7 Å². The van der Waals surface area contributed by atoms with E-state index in [9.17, 15) is 14.4 Å². The van der Waals surface area contributed by atoms with Crippen molar-refractivity contribution in [2.24, 2.45) is 0 Å². The molecule has 0 spiro atoms. The topological polar surface area (TPSA) is 105 Å². The van der Waals surface area contributed by atoms with E-state index in [1.54, 1.807) is 10.9 Å². The lowest BCUT2D eigenvalue weighted by Gasteiger charge is -2.12. The molecule has 4 amide bonds. The Morgan fingerprint density at radius 1 is 1.32 bits per heavy atom. The largest absolute Gasteiger partial charge is 0.325 e. The van der Waals surface area contributed by atoms with Crippen LogP contribution in [0.4, 0.5) is 10.6 Å². The van der Waals surface area contributed by atoms with E-state index in [0.29, 0.717) is 12.4 Å². The van der Waals surface area contributed by atoms with E-state index in [-0.39, 0.29) is 12.3 Å². The Hall–Kier alpha value is -3.16. The maximum absolute atomic E-state index is 12.2. The number of urea groups is 1. The van der Waals surface area contributed by atoms with Crippen LogP contribution < -0.4 is 16.0 Å². The van der Waals surface area contributed by atoms with Crippen molar-refractivity contribution in [2.75, 3.05) is 5.32 Å². The van der Waals surface area contributed by atoms with Gasteiger partial charge < -0.3 is 10.6 Å². The van der Waals surface area contributed by atoms with Crippen LogP contribution in [0.15, 0.2) is 30.5 Å². The van der Waals surface area contributed by atoms with E-state index in [1.165, 1.54) is 0 Å². The molecule has 0 radical (unpaired) electrons. The zero-order valence-electron chi connectivity index (χ0n) is 14.0. The number of aromatic nitrogens is 2. The number of anilines is 1. The zero-order valence-corrected chi connectivity index (χ0v) is 14.0. The average molecular weight is 341 g/mol. The van der Waals surface area contributed by atoms with E-state index < -0.39 is 18.0 Å². The quantitative estimate of drug-likeness (QED) is 0.708. The Bertz CT molecular complexity index is 843. The van der Waals surface area contributed by atoms with Gasteiger partial charge in [0.15, 0.2) is 0 Å². The van der Waals surface area contributed by atoms with Crippen molar-refractivity contribution in [3.8, 4) is 0 Å². The zero-order chi connectivity index (χ0) is 18.0. The minimum atomic E-state index is -0.846. The van der Waals surface area contributed by atoms with Crippen LogP contribution in [0.25, 0.3) is 0 Å². The number of hydrogen-bond donors (Lipinski definition) is 3. The van der Waals surface area contributed by atoms with Crippen molar-refractivity contribution >= 4 is 23.7 Å². The number of carbonyl (C=O) groups excluding carboxylic acids is 3. The molecule has 0 aliphatic carbocycles. The van der Waals surface area contributed by atoms with Crippen LogP contribution in [0, 0.1) is 13.8 Å². The fourth-order valence-corrected chi connectivity index (χ4v) is 2.72. The molecule has 1 unspecified atom stereocenters. The van der Waals surface area contributed by atoms with Crippen LogP contribution in [-0.4, -0.2) is 33.7 Å². The third kappa shape index (κ3) is 3.85. The Morgan fingerprint density at radius 2 is 2.12 bits per heavy atom. The molecule has 1 fully saturated rings. The lowest BCUT2D eigenvalue weighted by molar-refractivity contribution is -0.124. The summed E-state index contributed by atoms with van der Waals surface area (Å²) in [6.07, 6.45) is 1.54. The minimum Gasteiger partial charge on any atom is -0.325 e. The molecule has 1 saturated heterocycles. The summed E-state index contributed by atoms with van der Waals surface area (Å²) in [4.78, 5) is 34.9. The molecule has 1 aliphatic heterocycles. The first-order valence-electron chi connectivity index (χ1n) is 7.91. The average Bonchev–Trinajstić information content (AvgIpc) is 3.03. The summed E-state index contributed by atoms with van der Waals surface area (Å²) >= 11 is 0. The number of hydrogen-bond acceptors (Lipinski definition) is 4. The normalized spacial score (nSPS) is 16.5. The van der Waals surface area contributed by atoms with Gasteiger partial charge in [-0.2, -0.15) is 5.10 Å². The van der Waals surface area contributed by atoms with Crippen LogP contribution in [0.3, 0.4) is 0 Å². The molecule has 8 nitrogen and oxygen atoms in total. The van der Waals surface area contributed by atoms with Crippen LogP contribution in [-0.2, 0) is 16.1 Å². The molecule has 1 atom stereocenters. The van der Waals surface area contributed by atoms with Gasteiger partial charge in [0.2, 0.25) is 5.91 Å². The second-order valence-corrected chi connectivity index (χ2v) is 6.09. The summed E-state index contributed by atoms with van der Waals surface area (Å²) in [6.45, 7) is 4.38. The van der Waals surface area contributed by atoms with Gasteiger partial charge in [0.1, 0.15) is 11.9 Å². The molecule has 3 rings (SSSR count). The molecule has 3 N–H and O–H groups in total. The minimum absolute atomic E-state index is 0.132. The molecule has 0 bridgehead atoms. The fraction of sp³-hybridized carbons (Fsp3) is 0.294. The van der Waals surface area contributed by atoms with E-state index >= 15 is 0 Å². The van der Waals surface area contributed by atoms with Gasteiger partial charge in [-0.1, -0.05) is 29.8 Å². The first kappa shape index (κ1) is 16.7. The summed E-state index contributed by atoms with van der Waals surface area (Å²) in [7, 11) is 0. The highest BCUT2D eigenvalue weighted by Crippen LogP contribution is 2.17.